The molecule has 0 saturated carbocycles. The zero-order chi connectivity index (χ0) is 14.0. The maximum absolute atomic E-state index is 12.3. The number of pyridine rings is 1. The lowest BCUT2D eigenvalue weighted by Crippen LogP contribution is -2.41. The molecule has 102 valence electrons. The van der Waals surface area contributed by atoms with Crippen LogP contribution in [0.3, 0.4) is 0 Å². The third-order valence-electron chi connectivity index (χ3n) is 3.64. The van der Waals surface area contributed by atoms with Crippen molar-refractivity contribution in [2.75, 3.05) is 13.1 Å². The first kappa shape index (κ1) is 13.5. The molecule has 0 atom stereocenters. The van der Waals surface area contributed by atoms with Gasteiger partial charge in [-0.25, -0.2) is 4.79 Å². The van der Waals surface area contributed by atoms with Crippen LogP contribution in [0.2, 0.25) is 0 Å². The SMILES string of the molecule is CC1(C)CCN(C(=O)c2ncccc2C(=O)O)CC1. The fraction of sp³-hybridized carbons (Fsp3) is 0.500. The number of aromatic nitrogens is 1. The molecule has 1 N–H and O–H groups in total. The second kappa shape index (κ2) is 4.99. The molecule has 0 aliphatic carbocycles. The van der Waals surface area contributed by atoms with Gasteiger partial charge in [-0.1, -0.05) is 13.8 Å². The Kier molecular flexibility index (Phi) is 3.55. The normalized spacial score (nSPS) is 18.1. The van der Waals surface area contributed by atoms with Gasteiger partial charge in [-0.15, -0.1) is 0 Å². The number of carbonyl (C=O) groups is 2. The third-order valence-corrected chi connectivity index (χ3v) is 3.64. The van der Waals surface area contributed by atoms with Gasteiger partial charge in [0.25, 0.3) is 5.91 Å². The molecule has 5 nitrogen and oxygen atoms in total. The van der Waals surface area contributed by atoms with E-state index in [-0.39, 0.29) is 22.6 Å². The molecule has 1 fully saturated rings. The zero-order valence-corrected chi connectivity index (χ0v) is 11.2. The Morgan fingerprint density at radius 2 is 1.95 bits per heavy atom. The molecule has 2 rings (SSSR count). The van der Waals surface area contributed by atoms with Crippen LogP contribution in [0.5, 0.6) is 0 Å². The number of hydrogen-bond donors (Lipinski definition) is 1. The van der Waals surface area contributed by atoms with Gasteiger partial charge in [0.1, 0.15) is 5.69 Å². The second-order valence-electron chi connectivity index (χ2n) is 5.66. The highest BCUT2D eigenvalue weighted by Crippen LogP contribution is 2.30. The number of carboxylic acid groups (broad SMARTS) is 1. The molecule has 0 radical (unpaired) electrons. The van der Waals surface area contributed by atoms with Crippen molar-refractivity contribution >= 4 is 11.9 Å². The van der Waals surface area contributed by atoms with Crippen molar-refractivity contribution in [1.29, 1.82) is 0 Å². The molecule has 1 aliphatic rings. The van der Waals surface area contributed by atoms with Gasteiger partial charge >= 0.3 is 5.97 Å². The Morgan fingerprint density at radius 3 is 2.53 bits per heavy atom. The number of carbonyl (C=O) groups excluding carboxylic acids is 1. The average Bonchev–Trinajstić information content (AvgIpc) is 2.38. The topological polar surface area (TPSA) is 70.5 Å². The molecule has 19 heavy (non-hydrogen) atoms. The molecule has 1 amide bonds. The van der Waals surface area contributed by atoms with Gasteiger partial charge in [0.15, 0.2) is 0 Å². The lowest BCUT2D eigenvalue weighted by atomic mass is 9.82. The summed E-state index contributed by atoms with van der Waals surface area (Å²) < 4.78 is 0. The number of likely N-dealkylation sites (tertiary alicyclic amines) is 1. The molecule has 1 saturated heterocycles. The van der Waals surface area contributed by atoms with E-state index in [1.54, 1.807) is 4.90 Å². The van der Waals surface area contributed by atoms with Crippen molar-refractivity contribution in [2.45, 2.75) is 26.7 Å². The Balaban J connectivity index is 2.19. The van der Waals surface area contributed by atoms with Crippen LogP contribution < -0.4 is 0 Å². The smallest absolute Gasteiger partial charge is 0.338 e. The molecular weight excluding hydrogens is 244 g/mol. The third kappa shape index (κ3) is 2.92. The number of carboxylic acids is 1. The number of amides is 1. The summed E-state index contributed by atoms with van der Waals surface area (Å²) in [7, 11) is 0. The Morgan fingerprint density at radius 1 is 1.32 bits per heavy atom. The fourth-order valence-electron chi connectivity index (χ4n) is 2.21. The minimum absolute atomic E-state index is 0.0302. The van der Waals surface area contributed by atoms with Crippen molar-refractivity contribution in [2.24, 2.45) is 5.41 Å². The van der Waals surface area contributed by atoms with Gasteiger partial charge in [-0.3, -0.25) is 9.78 Å². The molecule has 0 unspecified atom stereocenters. The summed E-state index contributed by atoms with van der Waals surface area (Å²) in [6, 6.07) is 2.94. The van der Waals surface area contributed by atoms with Crippen LogP contribution in [0, 0.1) is 5.41 Å². The van der Waals surface area contributed by atoms with E-state index >= 15 is 0 Å². The van der Waals surface area contributed by atoms with Crippen LogP contribution in [-0.2, 0) is 0 Å². The van der Waals surface area contributed by atoms with E-state index in [0.29, 0.717) is 13.1 Å². The first-order valence-electron chi connectivity index (χ1n) is 6.38. The average molecular weight is 262 g/mol. The van der Waals surface area contributed by atoms with E-state index in [1.807, 2.05) is 0 Å². The molecule has 1 aliphatic heterocycles. The molecule has 0 aromatic carbocycles. The molecule has 1 aromatic heterocycles. The molecule has 0 bridgehead atoms. The molecule has 1 aromatic rings. The summed E-state index contributed by atoms with van der Waals surface area (Å²) in [5, 5.41) is 9.09. The number of aromatic carboxylic acids is 1. The van der Waals surface area contributed by atoms with Gasteiger partial charge in [0.2, 0.25) is 0 Å². The van der Waals surface area contributed by atoms with Gasteiger partial charge in [0.05, 0.1) is 5.56 Å². The Labute approximate surface area is 112 Å². The first-order chi connectivity index (χ1) is 8.91. The predicted octanol–water partition coefficient (Wildman–Crippen LogP) is 2.04. The summed E-state index contributed by atoms with van der Waals surface area (Å²) in [5.41, 5.74) is 0.253. The van der Waals surface area contributed by atoms with E-state index in [9.17, 15) is 9.59 Å². The largest absolute Gasteiger partial charge is 0.478 e. The lowest BCUT2D eigenvalue weighted by Gasteiger charge is -2.36. The summed E-state index contributed by atoms with van der Waals surface area (Å²) in [4.78, 5) is 29.1. The number of rotatable bonds is 2. The van der Waals surface area contributed by atoms with E-state index < -0.39 is 5.97 Å². The minimum atomic E-state index is -1.12. The van der Waals surface area contributed by atoms with Crippen molar-refractivity contribution in [3.05, 3.63) is 29.6 Å². The lowest BCUT2D eigenvalue weighted by molar-refractivity contribution is 0.0603. The van der Waals surface area contributed by atoms with Gasteiger partial charge in [-0.2, -0.15) is 0 Å². The quantitative estimate of drug-likeness (QED) is 0.885. The summed E-state index contributed by atoms with van der Waals surface area (Å²) >= 11 is 0. The molecular formula is C14H18N2O3. The Bertz CT molecular complexity index is 501. The molecule has 2 heterocycles. The maximum Gasteiger partial charge on any atom is 0.338 e. The van der Waals surface area contributed by atoms with E-state index in [1.165, 1.54) is 18.3 Å². The van der Waals surface area contributed by atoms with E-state index in [2.05, 4.69) is 18.8 Å². The summed E-state index contributed by atoms with van der Waals surface area (Å²) in [6.45, 7) is 5.67. The van der Waals surface area contributed by atoms with E-state index in [0.717, 1.165) is 12.8 Å². The minimum Gasteiger partial charge on any atom is -0.478 e. The van der Waals surface area contributed by atoms with Crippen LogP contribution in [0.25, 0.3) is 0 Å². The Hall–Kier alpha value is -1.91. The predicted molar refractivity (Wildman–Crippen MR) is 70.1 cm³/mol. The van der Waals surface area contributed by atoms with E-state index in [4.69, 9.17) is 5.11 Å². The van der Waals surface area contributed by atoms with Crippen molar-refractivity contribution in [1.82, 2.24) is 9.88 Å². The van der Waals surface area contributed by atoms with Crippen molar-refractivity contribution in [3.8, 4) is 0 Å². The second-order valence-corrected chi connectivity index (χ2v) is 5.66. The standard InChI is InChI=1S/C14H18N2O3/c1-14(2)5-8-16(9-6-14)12(17)11-10(13(18)19)4-3-7-15-11/h3-4,7H,5-6,8-9H2,1-2H3,(H,18,19). The highest BCUT2D eigenvalue weighted by atomic mass is 16.4. The summed E-state index contributed by atoms with van der Waals surface area (Å²) in [6.07, 6.45) is 3.30. The van der Waals surface area contributed by atoms with Crippen molar-refractivity contribution < 1.29 is 14.7 Å². The monoisotopic (exact) mass is 262 g/mol. The molecule has 0 spiro atoms. The molecule has 5 heteroatoms. The highest BCUT2D eigenvalue weighted by Gasteiger charge is 2.30. The van der Waals surface area contributed by atoms with Crippen LogP contribution in [0.15, 0.2) is 18.3 Å². The summed E-state index contributed by atoms with van der Waals surface area (Å²) in [5.74, 6) is -1.40. The number of piperidine rings is 1. The maximum atomic E-state index is 12.3. The van der Waals surface area contributed by atoms with Crippen LogP contribution in [0.1, 0.15) is 47.5 Å². The van der Waals surface area contributed by atoms with Crippen molar-refractivity contribution in [3.63, 3.8) is 0 Å². The van der Waals surface area contributed by atoms with Gasteiger partial charge in [0, 0.05) is 19.3 Å². The van der Waals surface area contributed by atoms with Crippen LogP contribution in [0.4, 0.5) is 0 Å². The highest BCUT2D eigenvalue weighted by molar-refractivity contribution is 6.03. The number of nitrogens with zero attached hydrogens (tertiary/aromatic N) is 2. The fourth-order valence-corrected chi connectivity index (χ4v) is 2.21. The zero-order valence-electron chi connectivity index (χ0n) is 11.2. The van der Waals surface area contributed by atoms with Gasteiger partial charge < -0.3 is 10.0 Å². The van der Waals surface area contributed by atoms with Gasteiger partial charge in [-0.05, 0) is 30.4 Å². The van der Waals surface area contributed by atoms with Crippen LogP contribution in [-0.4, -0.2) is 40.0 Å². The number of hydrogen-bond acceptors (Lipinski definition) is 3. The van der Waals surface area contributed by atoms with Crippen LogP contribution >= 0.6 is 0 Å². The first-order valence-corrected chi connectivity index (χ1v) is 6.38.